The first-order chi connectivity index (χ1) is 12.3. The van der Waals surface area contributed by atoms with Crippen LogP contribution < -0.4 is 15.7 Å². The summed E-state index contributed by atoms with van der Waals surface area (Å²) in [7, 11) is -4.15. The lowest BCUT2D eigenvalue weighted by Gasteiger charge is -2.12. The highest BCUT2D eigenvalue weighted by atomic mass is 32.2. The van der Waals surface area contributed by atoms with Crippen molar-refractivity contribution < 1.29 is 17.6 Å². The first-order valence-corrected chi connectivity index (χ1v) is 9.18. The summed E-state index contributed by atoms with van der Waals surface area (Å²) in [5.74, 6) is 0. The number of urea groups is 1. The Morgan fingerprint density at radius 2 is 1.73 bits per heavy atom. The molecule has 0 atom stereocenters. The molecule has 7 nitrogen and oxygen atoms in total. The van der Waals surface area contributed by atoms with Gasteiger partial charge in [-0.2, -0.15) is 0 Å². The number of anilines is 1. The third-order valence-electron chi connectivity index (χ3n) is 3.83. The van der Waals surface area contributed by atoms with Gasteiger partial charge in [0.15, 0.2) is 0 Å². The van der Waals surface area contributed by atoms with Gasteiger partial charge in [-0.1, -0.05) is 18.2 Å². The van der Waals surface area contributed by atoms with E-state index in [-0.39, 0.29) is 10.5 Å². The minimum atomic E-state index is -4.15. The normalized spacial score (nSPS) is 11.3. The van der Waals surface area contributed by atoms with E-state index in [1.165, 1.54) is 12.1 Å². The molecular formula is C18H16N2O5S. The van der Waals surface area contributed by atoms with Crippen LogP contribution in [0, 0.1) is 13.8 Å². The topological polar surface area (TPSA) is 105 Å². The number of amides is 2. The summed E-state index contributed by atoms with van der Waals surface area (Å²) in [6.07, 6.45) is 0. The zero-order valence-electron chi connectivity index (χ0n) is 14.1. The van der Waals surface area contributed by atoms with Gasteiger partial charge in [0.1, 0.15) is 5.58 Å². The van der Waals surface area contributed by atoms with Crippen molar-refractivity contribution in [3.63, 3.8) is 0 Å². The zero-order chi connectivity index (χ0) is 18.9. The predicted molar refractivity (Wildman–Crippen MR) is 97.7 cm³/mol. The average Bonchev–Trinajstić information content (AvgIpc) is 2.56. The number of aryl methyl sites for hydroxylation is 2. The third-order valence-corrected chi connectivity index (χ3v) is 5.30. The predicted octanol–water partition coefficient (Wildman–Crippen LogP) is 2.92. The minimum absolute atomic E-state index is 0.128. The van der Waals surface area contributed by atoms with E-state index < -0.39 is 21.7 Å². The van der Waals surface area contributed by atoms with E-state index in [2.05, 4.69) is 5.32 Å². The van der Waals surface area contributed by atoms with Crippen LogP contribution in [-0.4, -0.2) is 14.4 Å². The number of sulfonamides is 1. The van der Waals surface area contributed by atoms with Crippen LogP contribution in [0.2, 0.25) is 0 Å². The Kier molecular flexibility index (Phi) is 4.52. The van der Waals surface area contributed by atoms with Crippen LogP contribution in [0.4, 0.5) is 10.5 Å². The van der Waals surface area contributed by atoms with E-state index in [4.69, 9.17) is 4.42 Å². The summed E-state index contributed by atoms with van der Waals surface area (Å²) in [6.45, 7) is 3.39. The molecule has 2 amide bonds. The molecule has 2 aromatic carbocycles. The molecule has 0 bridgehead atoms. The van der Waals surface area contributed by atoms with Gasteiger partial charge >= 0.3 is 11.7 Å². The SMILES string of the molecule is Cc1ccccc1NC(=O)NS(=O)(=O)c1cc2oc(=O)ccc2cc1C. The minimum Gasteiger partial charge on any atom is -0.423 e. The van der Waals surface area contributed by atoms with E-state index in [1.54, 1.807) is 50.2 Å². The van der Waals surface area contributed by atoms with Gasteiger partial charge < -0.3 is 9.73 Å². The number of nitrogens with one attached hydrogen (secondary N) is 2. The second-order valence-electron chi connectivity index (χ2n) is 5.78. The van der Waals surface area contributed by atoms with Gasteiger partial charge in [-0.3, -0.25) is 0 Å². The molecule has 2 N–H and O–H groups in total. The Labute approximate surface area is 149 Å². The monoisotopic (exact) mass is 372 g/mol. The van der Waals surface area contributed by atoms with E-state index >= 15 is 0 Å². The molecule has 3 rings (SSSR count). The molecule has 1 aromatic heterocycles. The van der Waals surface area contributed by atoms with Crippen LogP contribution in [0.5, 0.6) is 0 Å². The Hall–Kier alpha value is -3.13. The van der Waals surface area contributed by atoms with Crippen molar-refractivity contribution in [1.82, 2.24) is 4.72 Å². The first kappa shape index (κ1) is 17.7. The molecule has 0 radical (unpaired) electrons. The molecule has 0 saturated heterocycles. The van der Waals surface area contributed by atoms with Crippen LogP contribution >= 0.6 is 0 Å². The van der Waals surface area contributed by atoms with Crippen molar-refractivity contribution in [2.75, 3.05) is 5.32 Å². The van der Waals surface area contributed by atoms with Crippen molar-refractivity contribution in [2.24, 2.45) is 0 Å². The molecule has 0 spiro atoms. The number of hydrogen-bond donors (Lipinski definition) is 2. The van der Waals surface area contributed by atoms with Gasteiger partial charge in [-0.25, -0.2) is 22.7 Å². The molecule has 0 fully saturated rings. The molecule has 26 heavy (non-hydrogen) atoms. The number of para-hydroxylation sites is 1. The largest absolute Gasteiger partial charge is 0.423 e. The standard InChI is InChI=1S/C18H16N2O5S/c1-11-5-3-4-6-14(11)19-18(22)20-26(23,24)16-10-15-13(9-12(16)2)7-8-17(21)25-15/h3-10H,1-2H3,(H2,19,20,22). The van der Waals surface area contributed by atoms with Gasteiger partial charge in [0, 0.05) is 23.2 Å². The van der Waals surface area contributed by atoms with Gasteiger partial charge in [0.2, 0.25) is 0 Å². The quantitative estimate of drug-likeness (QED) is 0.688. The lowest BCUT2D eigenvalue weighted by Crippen LogP contribution is -2.34. The Bertz CT molecular complexity index is 1170. The van der Waals surface area contributed by atoms with Crippen LogP contribution in [0.1, 0.15) is 11.1 Å². The fourth-order valence-electron chi connectivity index (χ4n) is 2.54. The van der Waals surface area contributed by atoms with E-state index in [1.807, 2.05) is 4.72 Å². The number of rotatable bonds is 3. The van der Waals surface area contributed by atoms with Crippen molar-refractivity contribution in [2.45, 2.75) is 18.7 Å². The first-order valence-electron chi connectivity index (χ1n) is 7.70. The molecule has 0 saturated carbocycles. The fourth-order valence-corrected chi connectivity index (χ4v) is 3.69. The van der Waals surface area contributed by atoms with Crippen LogP contribution in [0.15, 0.2) is 62.6 Å². The lowest BCUT2D eigenvalue weighted by molar-refractivity contribution is 0.256. The molecule has 1 heterocycles. The number of fused-ring (bicyclic) bond motifs is 1. The molecule has 0 unspecified atom stereocenters. The fraction of sp³-hybridized carbons (Fsp3) is 0.111. The molecule has 0 aliphatic carbocycles. The molecule has 0 aliphatic rings. The maximum Gasteiger partial charge on any atom is 0.336 e. The van der Waals surface area contributed by atoms with Crippen molar-refractivity contribution in [1.29, 1.82) is 0 Å². The Morgan fingerprint density at radius 1 is 1.00 bits per heavy atom. The highest BCUT2D eigenvalue weighted by Crippen LogP contribution is 2.22. The number of carbonyl (C=O) groups is 1. The van der Waals surface area contributed by atoms with Gasteiger partial charge in [0.25, 0.3) is 10.0 Å². The summed E-state index contributed by atoms with van der Waals surface area (Å²) in [4.78, 5) is 23.3. The van der Waals surface area contributed by atoms with Crippen LogP contribution in [0.3, 0.4) is 0 Å². The van der Waals surface area contributed by atoms with E-state index in [9.17, 15) is 18.0 Å². The summed E-state index contributed by atoms with van der Waals surface area (Å²) in [6, 6.07) is 11.7. The summed E-state index contributed by atoms with van der Waals surface area (Å²) in [5, 5.41) is 3.09. The summed E-state index contributed by atoms with van der Waals surface area (Å²) >= 11 is 0. The molecule has 3 aromatic rings. The van der Waals surface area contributed by atoms with E-state index in [0.717, 1.165) is 5.56 Å². The highest BCUT2D eigenvalue weighted by Gasteiger charge is 2.21. The highest BCUT2D eigenvalue weighted by molar-refractivity contribution is 7.90. The average molecular weight is 372 g/mol. The van der Waals surface area contributed by atoms with E-state index in [0.29, 0.717) is 16.6 Å². The Balaban J connectivity index is 1.91. The second-order valence-corrected chi connectivity index (χ2v) is 7.44. The summed E-state index contributed by atoms with van der Waals surface area (Å²) in [5.41, 5.74) is 1.26. The van der Waals surface area contributed by atoms with Crippen LogP contribution in [-0.2, 0) is 10.0 Å². The van der Waals surface area contributed by atoms with Gasteiger partial charge in [-0.15, -0.1) is 0 Å². The molecule has 0 aliphatic heterocycles. The third kappa shape index (κ3) is 3.60. The van der Waals surface area contributed by atoms with Crippen LogP contribution in [0.25, 0.3) is 11.0 Å². The Morgan fingerprint density at radius 3 is 2.46 bits per heavy atom. The maximum atomic E-state index is 12.6. The number of carbonyl (C=O) groups excluding carboxylic acids is 1. The van der Waals surface area contributed by atoms with Crippen molar-refractivity contribution >= 4 is 32.7 Å². The van der Waals surface area contributed by atoms with Crippen molar-refractivity contribution in [3.05, 3.63) is 70.1 Å². The van der Waals surface area contributed by atoms with Gasteiger partial charge in [-0.05, 0) is 43.2 Å². The lowest BCUT2D eigenvalue weighted by atomic mass is 10.1. The molecular weight excluding hydrogens is 356 g/mol. The molecule has 8 heteroatoms. The molecule has 134 valence electrons. The second kappa shape index (κ2) is 6.64. The maximum absolute atomic E-state index is 12.6. The number of hydrogen-bond acceptors (Lipinski definition) is 5. The van der Waals surface area contributed by atoms with Crippen molar-refractivity contribution in [3.8, 4) is 0 Å². The smallest absolute Gasteiger partial charge is 0.336 e. The zero-order valence-corrected chi connectivity index (χ0v) is 14.9. The number of benzene rings is 2. The summed E-state index contributed by atoms with van der Waals surface area (Å²) < 4.78 is 32.1. The van der Waals surface area contributed by atoms with Gasteiger partial charge in [0.05, 0.1) is 4.90 Å².